The van der Waals surface area contributed by atoms with Gasteiger partial charge >= 0.3 is 5.97 Å². The van der Waals surface area contributed by atoms with E-state index in [-0.39, 0.29) is 11.9 Å². The lowest BCUT2D eigenvalue weighted by atomic mass is 9.92. The number of hydrogen-bond acceptors (Lipinski definition) is 4. The zero-order chi connectivity index (χ0) is 12.0. The van der Waals surface area contributed by atoms with E-state index in [1.807, 2.05) is 0 Å². The number of carbonyl (C=O) groups excluding carboxylic acids is 2. The molecule has 5 heteroatoms. The highest BCUT2D eigenvalue weighted by Crippen LogP contribution is 2.20. The third-order valence-corrected chi connectivity index (χ3v) is 2.77. The Morgan fingerprint density at radius 1 is 1.44 bits per heavy atom. The number of nitrogens with one attached hydrogen (secondary N) is 1. The zero-order valence-electron chi connectivity index (χ0n) is 9.82. The number of amides is 1. The average Bonchev–Trinajstić information content (AvgIpc) is 2.28. The van der Waals surface area contributed by atoms with Gasteiger partial charge in [0.2, 0.25) is 5.91 Å². The fourth-order valence-corrected chi connectivity index (χ4v) is 1.92. The zero-order valence-corrected chi connectivity index (χ0v) is 9.82. The van der Waals surface area contributed by atoms with Crippen LogP contribution in [0.25, 0.3) is 0 Å². The van der Waals surface area contributed by atoms with Crippen LogP contribution in [0.5, 0.6) is 0 Å². The summed E-state index contributed by atoms with van der Waals surface area (Å²) in [6.45, 7) is 2.87. The van der Waals surface area contributed by atoms with E-state index in [0.717, 1.165) is 26.1 Å². The van der Waals surface area contributed by atoms with Gasteiger partial charge in [-0.3, -0.25) is 4.79 Å². The summed E-state index contributed by atoms with van der Waals surface area (Å²) in [5.74, 6) is -0.158. The van der Waals surface area contributed by atoms with Gasteiger partial charge in [0.1, 0.15) is 6.04 Å². The fourth-order valence-electron chi connectivity index (χ4n) is 1.92. The van der Waals surface area contributed by atoms with Gasteiger partial charge in [-0.15, -0.1) is 0 Å². The van der Waals surface area contributed by atoms with Gasteiger partial charge in [0, 0.05) is 20.1 Å². The maximum atomic E-state index is 11.5. The van der Waals surface area contributed by atoms with Crippen molar-refractivity contribution in [1.82, 2.24) is 5.32 Å². The molecule has 0 saturated carbocycles. The maximum absolute atomic E-state index is 11.5. The lowest BCUT2D eigenvalue weighted by molar-refractivity contribution is -0.145. The molecule has 1 N–H and O–H groups in total. The van der Waals surface area contributed by atoms with Crippen LogP contribution in [0.3, 0.4) is 0 Å². The van der Waals surface area contributed by atoms with Gasteiger partial charge in [-0.2, -0.15) is 0 Å². The van der Waals surface area contributed by atoms with Gasteiger partial charge in [0.15, 0.2) is 0 Å². The minimum absolute atomic E-state index is 0.206. The van der Waals surface area contributed by atoms with Crippen LogP contribution in [-0.4, -0.2) is 38.2 Å². The first-order valence-corrected chi connectivity index (χ1v) is 5.56. The summed E-state index contributed by atoms with van der Waals surface area (Å²) in [5, 5.41) is 2.62. The Labute approximate surface area is 95.5 Å². The van der Waals surface area contributed by atoms with E-state index in [1.165, 1.54) is 14.0 Å². The molecule has 16 heavy (non-hydrogen) atoms. The lowest BCUT2D eigenvalue weighted by Gasteiger charge is -2.25. The monoisotopic (exact) mass is 229 g/mol. The SMILES string of the molecule is COC(=O)C(CC1CCOCC1)NC(C)=O. The van der Waals surface area contributed by atoms with Gasteiger partial charge in [-0.05, 0) is 25.2 Å². The minimum atomic E-state index is -0.523. The summed E-state index contributed by atoms with van der Waals surface area (Å²) in [6.07, 6.45) is 2.51. The second-order valence-corrected chi connectivity index (χ2v) is 4.07. The van der Waals surface area contributed by atoms with Crippen molar-refractivity contribution in [3.8, 4) is 0 Å². The first-order chi connectivity index (χ1) is 7.63. The summed E-state index contributed by atoms with van der Waals surface area (Å²) in [4.78, 5) is 22.4. The van der Waals surface area contributed by atoms with Crippen LogP contribution >= 0.6 is 0 Å². The molecule has 1 aliphatic rings. The van der Waals surface area contributed by atoms with Crippen LogP contribution in [0.2, 0.25) is 0 Å². The average molecular weight is 229 g/mol. The molecule has 1 atom stereocenters. The first-order valence-electron chi connectivity index (χ1n) is 5.56. The number of hydrogen-bond donors (Lipinski definition) is 1. The van der Waals surface area contributed by atoms with E-state index in [2.05, 4.69) is 10.1 Å². The molecule has 1 unspecified atom stereocenters. The second kappa shape index (κ2) is 6.48. The predicted molar refractivity (Wildman–Crippen MR) is 57.8 cm³/mol. The van der Waals surface area contributed by atoms with Crippen LogP contribution in [0.15, 0.2) is 0 Å². The number of esters is 1. The van der Waals surface area contributed by atoms with Crippen LogP contribution < -0.4 is 5.32 Å². The van der Waals surface area contributed by atoms with Crippen molar-refractivity contribution >= 4 is 11.9 Å². The molecule has 1 amide bonds. The Bertz CT molecular complexity index is 248. The topological polar surface area (TPSA) is 64.6 Å². The normalized spacial score (nSPS) is 18.9. The third-order valence-electron chi connectivity index (χ3n) is 2.77. The Balaban J connectivity index is 2.47. The highest BCUT2D eigenvalue weighted by Gasteiger charge is 2.25. The van der Waals surface area contributed by atoms with E-state index < -0.39 is 6.04 Å². The molecule has 0 aromatic rings. The molecule has 0 radical (unpaired) electrons. The van der Waals surface area contributed by atoms with Crippen molar-refractivity contribution in [1.29, 1.82) is 0 Å². The molecule has 0 aromatic carbocycles. The molecular weight excluding hydrogens is 210 g/mol. The number of carbonyl (C=O) groups is 2. The number of methoxy groups -OCH3 is 1. The second-order valence-electron chi connectivity index (χ2n) is 4.07. The van der Waals surface area contributed by atoms with E-state index in [4.69, 9.17) is 4.74 Å². The molecule has 1 saturated heterocycles. The number of rotatable bonds is 4. The smallest absolute Gasteiger partial charge is 0.328 e. The molecule has 0 bridgehead atoms. The maximum Gasteiger partial charge on any atom is 0.328 e. The van der Waals surface area contributed by atoms with Gasteiger partial charge in [0.25, 0.3) is 0 Å². The summed E-state index contributed by atoms with van der Waals surface area (Å²) < 4.78 is 9.92. The van der Waals surface area contributed by atoms with Gasteiger partial charge in [0.05, 0.1) is 7.11 Å². The Morgan fingerprint density at radius 2 is 2.06 bits per heavy atom. The molecule has 92 valence electrons. The van der Waals surface area contributed by atoms with E-state index in [0.29, 0.717) is 12.3 Å². The fraction of sp³-hybridized carbons (Fsp3) is 0.818. The van der Waals surface area contributed by atoms with Crippen LogP contribution in [0.4, 0.5) is 0 Å². The number of ether oxygens (including phenoxy) is 2. The van der Waals surface area contributed by atoms with Crippen LogP contribution in [0, 0.1) is 5.92 Å². The quantitative estimate of drug-likeness (QED) is 0.712. The predicted octanol–water partition coefficient (Wildman–Crippen LogP) is 0.481. The largest absolute Gasteiger partial charge is 0.467 e. The Morgan fingerprint density at radius 3 is 2.56 bits per heavy atom. The Hall–Kier alpha value is -1.10. The molecule has 0 aromatic heterocycles. The summed E-state index contributed by atoms with van der Waals surface area (Å²) in [5.41, 5.74) is 0. The molecular formula is C11H19NO4. The van der Waals surface area contributed by atoms with E-state index in [1.54, 1.807) is 0 Å². The molecule has 1 fully saturated rings. The summed E-state index contributed by atoms with van der Waals surface area (Å²) in [7, 11) is 1.33. The van der Waals surface area contributed by atoms with Crippen molar-refractivity contribution in [2.75, 3.05) is 20.3 Å². The van der Waals surface area contributed by atoms with Crippen LogP contribution in [0.1, 0.15) is 26.2 Å². The third kappa shape index (κ3) is 4.18. The molecule has 1 heterocycles. The molecule has 5 nitrogen and oxygen atoms in total. The lowest BCUT2D eigenvalue weighted by Crippen LogP contribution is -2.42. The van der Waals surface area contributed by atoms with Crippen molar-refractivity contribution in [2.45, 2.75) is 32.2 Å². The molecule has 0 spiro atoms. The standard InChI is InChI=1S/C11H19NO4/c1-8(13)12-10(11(14)15-2)7-9-3-5-16-6-4-9/h9-10H,3-7H2,1-2H3,(H,12,13). The Kier molecular flexibility index (Phi) is 5.25. The molecule has 1 rings (SSSR count). The highest BCUT2D eigenvalue weighted by molar-refractivity contribution is 5.83. The minimum Gasteiger partial charge on any atom is -0.467 e. The molecule has 1 aliphatic heterocycles. The van der Waals surface area contributed by atoms with Crippen molar-refractivity contribution in [3.05, 3.63) is 0 Å². The van der Waals surface area contributed by atoms with Crippen molar-refractivity contribution < 1.29 is 19.1 Å². The summed E-state index contributed by atoms with van der Waals surface area (Å²) in [6, 6.07) is -0.523. The van der Waals surface area contributed by atoms with Gasteiger partial charge in [-0.25, -0.2) is 4.79 Å². The molecule has 0 aliphatic carbocycles. The van der Waals surface area contributed by atoms with Gasteiger partial charge < -0.3 is 14.8 Å². The first kappa shape index (κ1) is 13.0. The summed E-state index contributed by atoms with van der Waals surface area (Å²) >= 11 is 0. The van der Waals surface area contributed by atoms with E-state index >= 15 is 0 Å². The van der Waals surface area contributed by atoms with Crippen LogP contribution in [-0.2, 0) is 19.1 Å². The van der Waals surface area contributed by atoms with Gasteiger partial charge in [-0.1, -0.05) is 0 Å². The highest BCUT2D eigenvalue weighted by atomic mass is 16.5. The van der Waals surface area contributed by atoms with Crippen molar-refractivity contribution in [2.24, 2.45) is 5.92 Å². The van der Waals surface area contributed by atoms with E-state index in [9.17, 15) is 9.59 Å². The van der Waals surface area contributed by atoms with Crippen molar-refractivity contribution in [3.63, 3.8) is 0 Å².